The standard InChI is InChI=1S/C20H23N3O/c1-14-18(20(22)24)11-19(17-9-7-15(12-21)8-10-17)23(14)13-16-5-3-2-4-6-16/h7-11,16H,2-6,13H2,1H3,(H2,22,24). The Morgan fingerprint density at radius 3 is 2.50 bits per heavy atom. The quantitative estimate of drug-likeness (QED) is 0.924. The van der Waals surface area contributed by atoms with Gasteiger partial charge in [-0.05, 0) is 49.4 Å². The van der Waals surface area contributed by atoms with E-state index in [9.17, 15) is 4.79 Å². The maximum atomic E-state index is 11.8. The van der Waals surface area contributed by atoms with Crippen molar-refractivity contribution < 1.29 is 4.79 Å². The van der Waals surface area contributed by atoms with Crippen molar-refractivity contribution in [3.8, 4) is 17.3 Å². The van der Waals surface area contributed by atoms with E-state index in [1.807, 2.05) is 37.3 Å². The molecule has 4 nitrogen and oxygen atoms in total. The minimum atomic E-state index is -0.384. The van der Waals surface area contributed by atoms with Crippen LogP contribution < -0.4 is 5.73 Å². The third kappa shape index (κ3) is 3.21. The molecule has 0 saturated heterocycles. The van der Waals surface area contributed by atoms with E-state index in [2.05, 4.69) is 10.6 Å². The molecular weight excluding hydrogens is 298 g/mol. The van der Waals surface area contributed by atoms with Crippen LogP contribution in [-0.4, -0.2) is 10.5 Å². The van der Waals surface area contributed by atoms with Crippen LogP contribution in [0.15, 0.2) is 30.3 Å². The van der Waals surface area contributed by atoms with Crippen molar-refractivity contribution in [2.75, 3.05) is 0 Å². The third-order valence-corrected chi connectivity index (χ3v) is 5.11. The maximum absolute atomic E-state index is 11.8. The number of nitriles is 1. The number of benzene rings is 1. The number of hydrogen-bond acceptors (Lipinski definition) is 2. The predicted molar refractivity (Wildman–Crippen MR) is 94.4 cm³/mol. The normalized spacial score (nSPS) is 15.2. The molecule has 0 aliphatic heterocycles. The van der Waals surface area contributed by atoms with Crippen LogP contribution in [0.25, 0.3) is 11.3 Å². The Morgan fingerprint density at radius 1 is 1.25 bits per heavy atom. The van der Waals surface area contributed by atoms with Crippen LogP contribution in [0.3, 0.4) is 0 Å². The van der Waals surface area contributed by atoms with Gasteiger partial charge in [0, 0.05) is 17.9 Å². The van der Waals surface area contributed by atoms with Crippen LogP contribution in [0.2, 0.25) is 0 Å². The molecule has 1 amide bonds. The minimum absolute atomic E-state index is 0.384. The third-order valence-electron chi connectivity index (χ3n) is 5.11. The number of primary amides is 1. The van der Waals surface area contributed by atoms with Crippen molar-refractivity contribution in [2.24, 2.45) is 11.7 Å². The number of nitrogens with two attached hydrogens (primary N) is 1. The topological polar surface area (TPSA) is 71.8 Å². The van der Waals surface area contributed by atoms with E-state index in [1.165, 1.54) is 32.1 Å². The van der Waals surface area contributed by atoms with E-state index in [1.54, 1.807) is 0 Å². The summed E-state index contributed by atoms with van der Waals surface area (Å²) in [6.45, 7) is 2.89. The largest absolute Gasteiger partial charge is 0.366 e. The molecule has 1 fully saturated rings. The smallest absolute Gasteiger partial charge is 0.250 e. The van der Waals surface area contributed by atoms with E-state index in [-0.39, 0.29) is 5.91 Å². The zero-order valence-corrected chi connectivity index (χ0v) is 14.1. The molecule has 1 heterocycles. The number of carbonyl (C=O) groups excluding carboxylic acids is 1. The molecule has 0 spiro atoms. The van der Waals surface area contributed by atoms with E-state index >= 15 is 0 Å². The fraction of sp³-hybridized carbons (Fsp3) is 0.400. The first-order valence-electron chi connectivity index (χ1n) is 8.60. The molecule has 1 saturated carbocycles. The van der Waals surface area contributed by atoms with Gasteiger partial charge in [0.1, 0.15) is 0 Å². The van der Waals surface area contributed by atoms with Crippen molar-refractivity contribution >= 4 is 5.91 Å². The SMILES string of the molecule is Cc1c(C(N)=O)cc(-c2ccc(C#N)cc2)n1CC1CCCCC1. The first kappa shape index (κ1) is 16.3. The lowest BCUT2D eigenvalue weighted by molar-refractivity contribution is 0.0999. The molecule has 1 aromatic heterocycles. The average Bonchev–Trinajstić information content (AvgIpc) is 2.93. The Bertz CT molecular complexity index is 774. The molecule has 1 aliphatic rings. The van der Waals surface area contributed by atoms with Gasteiger partial charge in [0.15, 0.2) is 0 Å². The summed E-state index contributed by atoms with van der Waals surface area (Å²) in [5, 5.41) is 8.97. The highest BCUT2D eigenvalue weighted by Gasteiger charge is 2.21. The Balaban J connectivity index is 2.00. The molecule has 2 N–H and O–H groups in total. The molecule has 2 aromatic rings. The second kappa shape index (κ2) is 6.92. The fourth-order valence-electron chi connectivity index (χ4n) is 3.71. The van der Waals surface area contributed by atoms with Crippen LogP contribution in [0, 0.1) is 24.2 Å². The number of hydrogen-bond donors (Lipinski definition) is 1. The summed E-state index contributed by atoms with van der Waals surface area (Å²) in [5.74, 6) is 0.271. The molecule has 1 aromatic carbocycles. The number of carbonyl (C=O) groups is 1. The monoisotopic (exact) mass is 321 g/mol. The zero-order valence-electron chi connectivity index (χ0n) is 14.1. The van der Waals surface area contributed by atoms with Crippen LogP contribution in [-0.2, 0) is 6.54 Å². The summed E-state index contributed by atoms with van der Waals surface area (Å²) in [6.07, 6.45) is 6.41. The number of amides is 1. The van der Waals surface area contributed by atoms with Crippen molar-refractivity contribution in [3.63, 3.8) is 0 Å². The molecule has 0 atom stereocenters. The van der Waals surface area contributed by atoms with Crippen molar-refractivity contribution in [1.82, 2.24) is 4.57 Å². The molecule has 124 valence electrons. The van der Waals surface area contributed by atoms with Crippen molar-refractivity contribution in [3.05, 3.63) is 47.2 Å². The Kier molecular flexibility index (Phi) is 4.71. The first-order valence-corrected chi connectivity index (χ1v) is 8.60. The molecule has 4 heteroatoms. The Labute approximate surface area is 142 Å². The average molecular weight is 321 g/mol. The van der Waals surface area contributed by atoms with Gasteiger partial charge in [0.05, 0.1) is 17.2 Å². The highest BCUT2D eigenvalue weighted by atomic mass is 16.1. The lowest BCUT2D eigenvalue weighted by Gasteiger charge is -2.24. The van der Waals surface area contributed by atoms with Gasteiger partial charge in [-0.25, -0.2) is 0 Å². The lowest BCUT2D eigenvalue weighted by Crippen LogP contribution is -2.17. The molecule has 1 aliphatic carbocycles. The van der Waals surface area contributed by atoms with E-state index < -0.39 is 0 Å². The minimum Gasteiger partial charge on any atom is -0.366 e. The van der Waals surface area contributed by atoms with Gasteiger partial charge in [0.25, 0.3) is 5.91 Å². The summed E-state index contributed by atoms with van der Waals surface area (Å²) in [5.41, 5.74) is 9.74. The maximum Gasteiger partial charge on any atom is 0.250 e. The predicted octanol–water partition coefficient (Wildman–Crippen LogP) is 4.01. The second-order valence-electron chi connectivity index (χ2n) is 6.70. The molecule has 0 bridgehead atoms. The molecular formula is C20H23N3O. The molecule has 3 rings (SSSR count). The van der Waals surface area contributed by atoms with Gasteiger partial charge in [-0.2, -0.15) is 5.26 Å². The number of aromatic nitrogens is 1. The lowest BCUT2D eigenvalue weighted by atomic mass is 9.89. The van der Waals surface area contributed by atoms with Gasteiger partial charge in [-0.15, -0.1) is 0 Å². The molecule has 0 unspecified atom stereocenters. The van der Waals surface area contributed by atoms with Crippen molar-refractivity contribution in [1.29, 1.82) is 5.26 Å². The summed E-state index contributed by atoms with van der Waals surface area (Å²) >= 11 is 0. The van der Waals surface area contributed by atoms with E-state index in [4.69, 9.17) is 11.0 Å². The van der Waals surface area contributed by atoms with Gasteiger partial charge in [0.2, 0.25) is 0 Å². The summed E-state index contributed by atoms with van der Waals surface area (Å²) in [7, 11) is 0. The molecule has 0 radical (unpaired) electrons. The Hall–Kier alpha value is -2.54. The second-order valence-corrected chi connectivity index (χ2v) is 6.70. The zero-order chi connectivity index (χ0) is 17.1. The van der Waals surface area contributed by atoms with Gasteiger partial charge in [-0.3, -0.25) is 4.79 Å². The van der Waals surface area contributed by atoms with E-state index in [0.717, 1.165) is 23.5 Å². The van der Waals surface area contributed by atoms with Gasteiger partial charge in [-0.1, -0.05) is 31.4 Å². The summed E-state index contributed by atoms with van der Waals surface area (Å²) in [6, 6.07) is 11.5. The molecule has 24 heavy (non-hydrogen) atoms. The van der Waals surface area contributed by atoms with Gasteiger partial charge >= 0.3 is 0 Å². The Morgan fingerprint density at radius 2 is 1.92 bits per heavy atom. The van der Waals surface area contributed by atoms with Crippen LogP contribution in [0.4, 0.5) is 0 Å². The number of nitrogens with zero attached hydrogens (tertiary/aromatic N) is 2. The highest BCUT2D eigenvalue weighted by molar-refractivity contribution is 5.95. The summed E-state index contributed by atoms with van der Waals surface area (Å²) < 4.78 is 2.23. The van der Waals surface area contributed by atoms with Gasteiger partial charge < -0.3 is 10.3 Å². The van der Waals surface area contributed by atoms with E-state index in [0.29, 0.717) is 17.0 Å². The van der Waals surface area contributed by atoms with Crippen LogP contribution >= 0.6 is 0 Å². The van der Waals surface area contributed by atoms with Crippen LogP contribution in [0.5, 0.6) is 0 Å². The summed E-state index contributed by atoms with van der Waals surface area (Å²) in [4.78, 5) is 11.8. The highest BCUT2D eigenvalue weighted by Crippen LogP contribution is 2.31. The fourth-order valence-corrected chi connectivity index (χ4v) is 3.71. The number of rotatable bonds is 4. The van der Waals surface area contributed by atoms with Crippen LogP contribution in [0.1, 0.15) is 53.7 Å². The van der Waals surface area contributed by atoms with Crippen molar-refractivity contribution in [2.45, 2.75) is 45.6 Å². The first-order chi connectivity index (χ1) is 11.6.